The van der Waals surface area contributed by atoms with E-state index in [4.69, 9.17) is 11.6 Å². The number of fused-ring (bicyclic) bond motifs is 5. The lowest BCUT2D eigenvalue weighted by atomic mass is 9.48. The van der Waals surface area contributed by atoms with Crippen LogP contribution in [0.2, 0.25) is 5.02 Å². The number of carbonyl (C=O) groups is 2. The number of nitrogens with one attached hydrogen (secondary N) is 2. The van der Waals surface area contributed by atoms with Crippen LogP contribution < -0.4 is 10.6 Å². The molecule has 1 heterocycles. The second-order valence-corrected chi connectivity index (χ2v) is 11.3. The molecule has 172 valence electrons. The van der Waals surface area contributed by atoms with Crippen LogP contribution in [0, 0.1) is 28.6 Å². The SMILES string of the molecule is CN1C(=O)C=C[C@]2(C)[C@H]3CC[C@]4(C)[C@@H](NC(=O)Nc5cccc(Cl)c5)CC[C@H]4[C@@H]3CC[C@@H]12. The molecule has 32 heavy (non-hydrogen) atoms. The summed E-state index contributed by atoms with van der Waals surface area (Å²) in [5.41, 5.74) is 0.894. The largest absolute Gasteiger partial charge is 0.338 e. The molecule has 4 aliphatic rings. The monoisotopic (exact) mass is 455 g/mol. The fraction of sp³-hybridized carbons (Fsp3) is 0.615. The molecule has 0 aromatic heterocycles. The lowest BCUT2D eigenvalue weighted by molar-refractivity contribution is -0.138. The molecule has 6 heteroatoms. The lowest BCUT2D eigenvalue weighted by Crippen LogP contribution is -2.60. The molecule has 1 aromatic rings. The number of hydrogen-bond donors (Lipinski definition) is 2. The molecule has 0 unspecified atom stereocenters. The predicted octanol–water partition coefficient (Wildman–Crippen LogP) is 5.47. The minimum atomic E-state index is -0.146. The Balaban J connectivity index is 1.31. The summed E-state index contributed by atoms with van der Waals surface area (Å²) in [4.78, 5) is 27.0. The third-order valence-electron chi connectivity index (χ3n) is 9.52. The van der Waals surface area contributed by atoms with Crippen molar-refractivity contribution in [3.8, 4) is 0 Å². The highest BCUT2D eigenvalue weighted by molar-refractivity contribution is 6.30. The molecule has 5 rings (SSSR count). The maximum Gasteiger partial charge on any atom is 0.319 e. The van der Waals surface area contributed by atoms with E-state index in [2.05, 4.69) is 30.6 Å². The van der Waals surface area contributed by atoms with Gasteiger partial charge in [-0.1, -0.05) is 37.6 Å². The topological polar surface area (TPSA) is 61.4 Å². The molecule has 1 aliphatic heterocycles. The number of urea groups is 1. The summed E-state index contributed by atoms with van der Waals surface area (Å²) in [5, 5.41) is 6.86. The molecule has 3 amide bonds. The molecule has 0 saturated heterocycles. The lowest BCUT2D eigenvalue weighted by Gasteiger charge is -2.60. The van der Waals surface area contributed by atoms with Crippen LogP contribution in [0.1, 0.15) is 52.4 Å². The van der Waals surface area contributed by atoms with Gasteiger partial charge < -0.3 is 15.5 Å². The number of likely N-dealkylation sites (N-methyl/N-ethyl adjacent to an activating group) is 1. The number of carbonyl (C=O) groups excluding carboxylic acids is 2. The summed E-state index contributed by atoms with van der Waals surface area (Å²) in [6.07, 6.45) is 10.7. The Labute approximate surface area is 196 Å². The fourth-order valence-electron chi connectivity index (χ4n) is 7.87. The zero-order valence-electron chi connectivity index (χ0n) is 19.2. The van der Waals surface area contributed by atoms with E-state index in [0.29, 0.717) is 34.5 Å². The summed E-state index contributed by atoms with van der Waals surface area (Å²) < 4.78 is 0. The highest BCUT2D eigenvalue weighted by Gasteiger charge is 2.60. The maximum atomic E-state index is 12.8. The van der Waals surface area contributed by atoms with Gasteiger partial charge in [0.15, 0.2) is 0 Å². The Morgan fingerprint density at radius 1 is 1.12 bits per heavy atom. The minimum absolute atomic E-state index is 0.0579. The third-order valence-corrected chi connectivity index (χ3v) is 9.75. The van der Waals surface area contributed by atoms with Gasteiger partial charge in [0.05, 0.1) is 0 Å². The Bertz CT molecular complexity index is 964. The maximum absolute atomic E-state index is 12.8. The summed E-state index contributed by atoms with van der Waals surface area (Å²) in [5.74, 6) is 2.02. The van der Waals surface area contributed by atoms with Crippen molar-refractivity contribution >= 4 is 29.2 Å². The average Bonchev–Trinajstić information content (AvgIpc) is 3.07. The standard InChI is InChI=1S/C26H34ClN3O2/c1-25-13-11-20-18(7-10-22-26(20,2)14-12-23(31)30(22)3)19(25)8-9-21(25)29-24(32)28-17-6-4-5-16(27)15-17/h4-6,12,14-15,18-22H,7-11,13H2,1-3H3,(H2,28,29,32)/t18-,19-,20-,21-,22+,25-,26+/m0/s1. The van der Waals surface area contributed by atoms with Crippen LogP contribution in [-0.4, -0.2) is 36.0 Å². The van der Waals surface area contributed by atoms with Crippen LogP contribution in [0.15, 0.2) is 36.4 Å². The van der Waals surface area contributed by atoms with Gasteiger partial charge >= 0.3 is 6.03 Å². The highest BCUT2D eigenvalue weighted by Crippen LogP contribution is 2.63. The first-order chi connectivity index (χ1) is 15.2. The average molecular weight is 456 g/mol. The van der Waals surface area contributed by atoms with E-state index < -0.39 is 0 Å². The number of rotatable bonds is 2. The zero-order chi connectivity index (χ0) is 22.7. The Kier molecular flexibility index (Phi) is 5.31. The number of amides is 3. The van der Waals surface area contributed by atoms with Crippen molar-refractivity contribution in [1.29, 1.82) is 0 Å². The van der Waals surface area contributed by atoms with Crippen molar-refractivity contribution in [3.63, 3.8) is 0 Å². The van der Waals surface area contributed by atoms with Crippen molar-refractivity contribution in [2.75, 3.05) is 12.4 Å². The van der Waals surface area contributed by atoms with E-state index >= 15 is 0 Å². The number of halogens is 1. The van der Waals surface area contributed by atoms with Crippen LogP contribution in [0.3, 0.4) is 0 Å². The van der Waals surface area contributed by atoms with E-state index in [1.807, 2.05) is 24.1 Å². The van der Waals surface area contributed by atoms with Crippen molar-refractivity contribution in [3.05, 3.63) is 41.4 Å². The van der Waals surface area contributed by atoms with Gasteiger partial charge in [0, 0.05) is 35.3 Å². The predicted molar refractivity (Wildman–Crippen MR) is 127 cm³/mol. The normalized spacial score (nSPS) is 40.3. The van der Waals surface area contributed by atoms with Crippen molar-refractivity contribution < 1.29 is 9.59 Å². The van der Waals surface area contributed by atoms with E-state index in [-0.39, 0.29) is 28.8 Å². The number of anilines is 1. The molecular weight excluding hydrogens is 422 g/mol. The molecular formula is C26H34ClN3O2. The van der Waals surface area contributed by atoms with Gasteiger partial charge in [-0.15, -0.1) is 0 Å². The van der Waals surface area contributed by atoms with Crippen LogP contribution in [0.25, 0.3) is 0 Å². The molecule has 3 aliphatic carbocycles. The van der Waals surface area contributed by atoms with Gasteiger partial charge in [0.1, 0.15) is 0 Å². The second-order valence-electron chi connectivity index (χ2n) is 10.9. The molecule has 5 nitrogen and oxygen atoms in total. The molecule has 3 fully saturated rings. The quantitative estimate of drug-likeness (QED) is 0.621. The van der Waals surface area contributed by atoms with Gasteiger partial charge in [-0.2, -0.15) is 0 Å². The van der Waals surface area contributed by atoms with Crippen molar-refractivity contribution in [1.82, 2.24) is 10.2 Å². The Hall–Kier alpha value is -2.01. The number of benzene rings is 1. The molecule has 3 saturated carbocycles. The number of hydrogen-bond acceptors (Lipinski definition) is 2. The Morgan fingerprint density at radius 2 is 1.94 bits per heavy atom. The first-order valence-electron chi connectivity index (χ1n) is 12.0. The highest BCUT2D eigenvalue weighted by atomic mass is 35.5. The van der Waals surface area contributed by atoms with E-state index in [0.717, 1.165) is 25.7 Å². The summed E-state index contributed by atoms with van der Waals surface area (Å²) >= 11 is 6.06. The van der Waals surface area contributed by atoms with E-state index in [9.17, 15) is 9.59 Å². The Morgan fingerprint density at radius 3 is 2.72 bits per heavy atom. The smallest absolute Gasteiger partial charge is 0.319 e. The number of nitrogens with zero attached hydrogens (tertiary/aromatic N) is 1. The van der Waals surface area contributed by atoms with Crippen molar-refractivity contribution in [2.24, 2.45) is 28.6 Å². The van der Waals surface area contributed by atoms with Gasteiger partial charge in [-0.05, 0) is 86.0 Å². The van der Waals surface area contributed by atoms with Crippen LogP contribution in [0.4, 0.5) is 10.5 Å². The first kappa shape index (κ1) is 21.8. The van der Waals surface area contributed by atoms with Crippen LogP contribution in [0.5, 0.6) is 0 Å². The summed E-state index contributed by atoms with van der Waals surface area (Å²) in [6.45, 7) is 4.77. The molecule has 1 aromatic carbocycles. The summed E-state index contributed by atoms with van der Waals surface area (Å²) in [7, 11) is 1.97. The molecule has 0 spiro atoms. The van der Waals surface area contributed by atoms with Gasteiger partial charge in [-0.25, -0.2) is 4.79 Å². The molecule has 2 N–H and O–H groups in total. The first-order valence-corrected chi connectivity index (χ1v) is 12.4. The van der Waals surface area contributed by atoms with Crippen molar-refractivity contribution in [2.45, 2.75) is 64.5 Å². The molecule has 7 atom stereocenters. The van der Waals surface area contributed by atoms with E-state index in [1.54, 1.807) is 18.2 Å². The van der Waals surface area contributed by atoms with Crippen LogP contribution >= 0.6 is 11.6 Å². The zero-order valence-corrected chi connectivity index (χ0v) is 20.0. The van der Waals surface area contributed by atoms with E-state index in [1.165, 1.54) is 12.8 Å². The van der Waals surface area contributed by atoms with Gasteiger partial charge in [-0.3, -0.25) is 4.79 Å². The second kappa shape index (κ2) is 7.79. The molecule has 0 radical (unpaired) electrons. The minimum Gasteiger partial charge on any atom is -0.338 e. The fourth-order valence-corrected chi connectivity index (χ4v) is 8.06. The van der Waals surface area contributed by atoms with Crippen LogP contribution in [-0.2, 0) is 4.79 Å². The van der Waals surface area contributed by atoms with Gasteiger partial charge in [0.2, 0.25) is 5.91 Å². The molecule has 0 bridgehead atoms. The third kappa shape index (κ3) is 3.35. The summed E-state index contributed by atoms with van der Waals surface area (Å²) in [6, 6.07) is 7.61. The van der Waals surface area contributed by atoms with Gasteiger partial charge in [0.25, 0.3) is 0 Å².